The van der Waals surface area contributed by atoms with E-state index in [4.69, 9.17) is 0 Å². The average Bonchev–Trinajstić information content (AvgIpc) is 2.97. The molecule has 0 saturated heterocycles. The van der Waals surface area contributed by atoms with Gasteiger partial charge in [0.1, 0.15) is 0 Å². The van der Waals surface area contributed by atoms with Crippen LogP contribution in [0.15, 0.2) is 35.2 Å². The lowest BCUT2D eigenvalue weighted by atomic mass is 9.95. The highest BCUT2D eigenvalue weighted by molar-refractivity contribution is 7.99. The van der Waals surface area contributed by atoms with E-state index in [1.54, 1.807) is 0 Å². The third-order valence-electron chi connectivity index (χ3n) is 3.39. The largest absolute Gasteiger partial charge is 0.126 e. The molecule has 0 aliphatic heterocycles. The van der Waals surface area contributed by atoms with Gasteiger partial charge in [0.25, 0.3) is 0 Å². The van der Waals surface area contributed by atoms with Gasteiger partial charge in [0.05, 0.1) is 0 Å². The highest BCUT2D eigenvalue weighted by Gasteiger charge is 2.44. The molecule has 1 aliphatic carbocycles. The smallest absolute Gasteiger partial charge is 0.00721 e. The number of hydrogen-bond donors (Lipinski definition) is 0. The van der Waals surface area contributed by atoms with Crippen LogP contribution in [0.5, 0.6) is 0 Å². The Labute approximate surface area is 91.1 Å². The minimum Gasteiger partial charge on any atom is -0.126 e. The molecule has 14 heavy (non-hydrogen) atoms. The zero-order chi connectivity index (χ0) is 10.0. The first-order valence-corrected chi connectivity index (χ1v) is 6.39. The molecular formula is C13H18S. The van der Waals surface area contributed by atoms with Gasteiger partial charge in [-0.15, -0.1) is 11.8 Å². The van der Waals surface area contributed by atoms with E-state index >= 15 is 0 Å². The van der Waals surface area contributed by atoms with E-state index in [-0.39, 0.29) is 0 Å². The Bertz CT molecular complexity index is 285. The Morgan fingerprint density at radius 2 is 1.86 bits per heavy atom. The number of hydrogen-bond acceptors (Lipinski definition) is 1. The normalized spacial score (nSPS) is 18.5. The maximum absolute atomic E-state index is 2.36. The average molecular weight is 206 g/mol. The van der Waals surface area contributed by atoms with Crippen molar-refractivity contribution in [2.75, 3.05) is 5.75 Å². The summed E-state index contributed by atoms with van der Waals surface area (Å²) in [6.07, 6.45) is 2.87. The summed E-state index contributed by atoms with van der Waals surface area (Å²) in [4.78, 5) is 1.42. The van der Waals surface area contributed by atoms with Crippen LogP contribution in [0.1, 0.15) is 26.7 Å². The molecule has 1 saturated carbocycles. The molecule has 0 bridgehead atoms. The first-order chi connectivity index (χ1) is 6.73. The van der Waals surface area contributed by atoms with Crippen molar-refractivity contribution in [3.05, 3.63) is 30.3 Å². The molecule has 1 fully saturated rings. The zero-order valence-corrected chi connectivity index (χ0v) is 9.81. The third-order valence-corrected chi connectivity index (χ3v) is 4.71. The number of benzene rings is 1. The molecule has 1 aromatic carbocycles. The predicted octanol–water partition coefficient (Wildman–Crippen LogP) is 4.21. The van der Waals surface area contributed by atoms with E-state index in [0.29, 0.717) is 5.41 Å². The van der Waals surface area contributed by atoms with Gasteiger partial charge in [0.2, 0.25) is 0 Å². The summed E-state index contributed by atoms with van der Waals surface area (Å²) in [5.74, 6) is 2.15. The van der Waals surface area contributed by atoms with Gasteiger partial charge in [-0.1, -0.05) is 32.0 Å². The van der Waals surface area contributed by atoms with Crippen LogP contribution in [0.25, 0.3) is 0 Å². The van der Waals surface area contributed by atoms with Crippen molar-refractivity contribution in [1.82, 2.24) is 0 Å². The van der Waals surface area contributed by atoms with Gasteiger partial charge >= 0.3 is 0 Å². The topological polar surface area (TPSA) is 0 Å². The highest BCUT2D eigenvalue weighted by atomic mass is 32.2. The van der Waals surface area contributed by atoms with Gasteiger partial charge < -0.3 is 0 Å². The van der Waals surface area contributed by atoms with E-state index in [0.717, 1.165) is 5.92 Å². The summed E-state index contributed by atoms with van der Waals surface area (Å²) in [5, 5.41) is 0. The maximum atomic E-state index is 2.36. The Balaban J connectivity index is 1.89. The lowest BCUT2D eigenvalue weighted by molar-refractivity contribution is 0.405. The van der Waals surface area contributed by atoms with Crippen LogP contribution in [0, 0.1) is 11.3 Å². The first-order valence-electron chi connectivity index (χ1n) is 5.41. The summed E-state index contributed by atoms with van der Waals surface area (Å²) < 4.78 is 0. The SMILES string of the molecule is CC(C)C1(CSc2ccccc2)CC1. The number of thioether (sulfide) groups is 1. The van der Waals surface area contributed by atoms with Gasteiger partial charge in [-0.2, -0.15) is 0 Å². The van der Waals surface area contributed by atoms with Crippen molar-refractivity contribution < 1.29 is 0 Å². The van der Waals surface area contributed by atoms with Crippen LogP contribution < -0.4 is 0 Å². The van der Waals surface area contributed by atoms with Crippen molar-refractivity contribution in [2.45, 2.75) is 31.6 Å². The molecule has 1 aliphatic rings. The Morgan fingerprint density at radius 1 is 1.21 bits per heavy atom. The predicted molar refractivity (Wildman–Crippen MR) is 63.7 cm³/mol. The summed E-state index contributed by atoms with van der Waals surface area (Å²) in [7, 11) is 0. The zero-order valence-electron chi connectivity index (χ0n) is 8.99. The minimum atomic E-state index is 0.667. The van der Waals surface area contributed by atoms with Crippen molar-refractivity contribution in [3.8, 4) is 0 Å². The van der Waals surface area contributed by atoms with E-state index < -0.39 is 0 Å². The quantitative estimate of drug-likeness (QED) is 0.665. The lowest BCUT2D eigenvalue weighted by Gasteiger charge is -2.18. The minimum absolute atomic E-state index is 0.667. The lowest BCUT2D eigenvalue weighted by Crippen LogP contribution is -2.12. The van der Waals surface area contributed by atoms with Gasteiger partial charge in [-0.3, -0.25) is 0 Å². The number of rotatable bonds is 4. The van der Waals surface area contributed by atoms with Gasteiger partial charge in [-0.25, -0.2) is 0 Å². The van der Waals surface area contributed by atoms with E-state index in [1.807, 2.05) is 11.8 Å². The standard InChI is InChI=1S/C13H18S/c1-11(2)13(8-9-13)10-14-12-6-4-3-5-7-12/h3-7,11H,8-10H2,1-2H3. The van der Waals surface area contributed by atoms with Crippen LogP contribution in [-0.2, 0) is 0 Å². The third kappa shape index (κ3) is 2.14. The van der Waals surface area contributed by atoms with Gasteiger partial charge in [0, 0.05) is 10.6 Å². The molecule has 0 radical (unpaired) electrons. The van der Waals surface area contributed by atoms with Crippen LogP contribution in [0.4, 0.5) is 0 Å². The van der Waals surface area contributed by atoms with Crippen LogP contribution in [0.3, 0.4) is 0 Å². The van der Waals surface area contributed by atoms with Crippen LogP contribution >= 0.6 is 11.8 Å². The molecule has 76 valence electrons. The monoisotopic (exact) mass is 206 g/mol. The highest BCUT2D eigenvalue weighted by Crippen LogP contribution is 2.54. The summed E-state index contributed by atoms with van der Waals surface area (Å²) >= 11 is 2.02. The summed E-state index contributed by atoms with van der Waals surface area (Å²) in [5.41, 5.74) is 0.667. The fraction of sp³-hybridized carbons (Fsp3) is 0.538. The molecule has 0 atom stereocenters. The molecule has 0 unspecified atom stereocenters. The molecule has 1 aromatic rings. The molecule has 0 N–H and O–H groups in total. The second-order valence-electron chi connectivity index (χ2n) is 4.62. The van der Waals surface area contributed by atoms with Gasteiger partial charge in [-0.05, 0) is 36.3 Å². The molecular weight excluding hydrogens is 188 g/mol. The molecule has 0 amide bonds. The van der Waals surface area contributed by atoms with Crippen molar-refractivity contribution in [3.63, 3.8) is 0 Å². The van der Waals surface area contributed by atoms with Crippen LogP contribution in [0.2, 0.25) is 0 Å². The molecule has 0 spiro atoms. The van der Waals surface area contributed by atoms with Crippen LogP contribution in [-0.4, -0.2) is 5.75 Å². The molecule has 0 heterocycles. The van der Waals surface area contributed by atoms with Crippen molar-refractivity contribution in [2.24, 2.45) is 11.3 Å². The fourth-order valence-electron chi connectivity index (χ4n) is 1.79. The Kier molecular flexibility index (Phi) is 2.87. The second kappa shape index (κ2) is 3.98. The van der Waals surface area contributed by atoms with E-state index in [9.17, 15) is 0 Å². The van der Waals surface area contributed by atoms with Crippen molar-refractivity contribution in [1.29, 1.82) is 0 Å². The first kappa shape index (κ1) is 10.1. The van der Waals surface area contributed by atoms with E-state index in [2.05, 4.69) is 44.2 Å². The second-order valence-corrected chi connectivity index (χ2v) is 5.67. The fourth-order valence-corrected chi connectivity index (χ4v) is 3.22. The summed E-state index contributed by atoms with van der Waals surface area (Å²) in [6.45, 7) is 4.72. The Morgan fingerprint density at radius 3 is 2.36 bits per heavy atom. The Hall–Kier alpha value is -0.430. The molecule has 0 aromatic heterocycles. The van der Waals surface area contributed by atoms with Crippen molar-refractivity contribution >= 4 is 11.8 Å². The maximum Gasteiger partial charge on any atom is 0.00721 e. The molecule has 0 nitrogen and oxygen atoms in total. The molecule has 1 heteroatoms. The van der Waals surface area contributed by atoms with E-state index in [1.165, 1.54) is 23.5 Å². The molecule has 2 rings (SSSR count). The summed E-state index contributed by atoms with van der Waals surface area (Å²) in [6, 6.07) is 10.7. The van der Waals surface area contributed by atoms with Gasteiger partial charge in [0.15, 0.2) is 0 Å².